The number of nitrogens with zero attached hydrogens (tertiary/aromatic N) is 1. The molecule has 2 fully saturated rings. The fourth-order valence-electron chi connectivity index (χ4n) is 4.61. The van der Waals surface area contributed by atoms with Crippen LogP contribution in [0.4, 0.5) is 4.79 Å². The van der Waals surface area contributed by atoms with Crippen LogP contribution in [0.2, 0.25) is 0 Å². The van der Waals surface area contributed by atoms with Crippen molar-refractivity contribution in [3.05, 3.63) is 23.8 Å². The number of fused-ring (bicyclic) bond motifs is 3. The highest BCUT2D eigenvalue weighted by molar-refractivity contribution is 5.69. The predicted octanol–water partition coefficient (Wildman–Crippen LogP) is 3.60. The number of hydrogen-bond acceptors (Lipinski definition) is 5. The number of amides is 1. The largest absolute Gasteiger partial charge is 0.486 e. The van der Waals surface area contributed by atoms with Crippen molar-refractivity contribution in [1.29, 1.82) is 0 Å². The van der Waals surface area contributed by atoms with Gasteiger partial charge in [-0.1, -0.05) is 6.07 Å². The lowest BCUT2D eigenvalue weighted by atomic mass is 9.72. The van der Waals surface area contributed by atoms with Crippen LogP contribution >= 0.6 is 0 Å². The summed E-state index contributed by atoms with van der Waals surface area (Å²) in [5.74, 6) is 1.41. The third-order valence-electron chi connectivity index (χ3n) is 5.69. The smallest absolute Gasteiger partial charge is 0.410 e. The van der Waals surface area contributed by atoms with Gasteiger partial charge in [0, 0.05) is 24.9 Å². The highest BCUT2D eigenvalue weighted by Crippen LogP contribution is 2.46. The quantitative estimate of drug-likeness (QED) is 0.812. The molecule has 1 aromatic carbocycles. The van der Waals surface area contributed by atoms with Gasteiger partial charge in [0.05, 0.1) is 5.60 Å². The van der Waals surface area contributed by atoms with Crippen LogP contribution in [-0.4, -0.2) is 47.0 Å². The van der Waals surface area contributed by atoms with Crippen molar-refractivity contribution in [2.24, 2.45) is 0 Å². The van der Waals surface area contributed by atoms with E-state index < -0.39 is 11.2 Å². The zero-order chi connectivity index (χ0) is 19.2. The van der Waals surface area contributed by atoms with E-state index in [9.17, 15) is 9.90 Å². The normalized spacial score (nSPS) is 30.0. The summed E-state index contributed by atoms with van der Waals surface area (Å²) < 4.78 is 16.9. The molecular formula is C21H29NO5. The average molecular weight is 375 g/mol. The van der Waals surface area contributed by atoms with Gasteiger partial charge in [-0.15, -0.1) is 0 Å². The van der Waals surface area contributed by atoms with Gasteiger partial charge < -0.3 is 24.2 Å². The van der Waals surface area contributed by atoms with Crippen LogP contribution in [0.1, 0.15) is 58.4 Å². The Morgan fingerprint density at radius 3 is 2.41 bits per heavy atom. The lowest BCUT2D eigenvalue weighted by Gasteiger charge is -2.52. The Labute approximate surface area is 160 Å². The number of rotatable bonds is 1. The molecule has 0 radical (unpaired) electrons. The molecule has 2 atom stereocenters. The Morgan fingerprint density at radius 1 is 1.15 bits per heavy atom. The number of carbonyl (C=O) groups is 1. The fraction of sp³-hybridized carbons (Fsp3) is 0.667. The maximum absolute atomic E-state index is 12.8. The van der Waals surface area contributed by atoms with Gasteiger partial charge in [-0.3, -0.25) is 0 Å². The van der Waals surface area contributed by atoms with E-state index >= 15 is 0 Å². The van der Waals surface area contributed by atoms with Gasteiger partial charge in [-0.05, 0) is 57.7 Å². The molecule has 0 aliphatic carbocycles. The van der Waals surface area contributed by atoms with Crippen LogP contribution in [0, 0.1) is 0 Å². The van der Waals surface area contributed by atoms with Crippen molar-refractivity contribution in [2.45, 2.75) is 76.2 Å². The first-order valence-electron chi connectivity index (χ1n) is 9.89. The number of carbonyl (C=O) groups excluding carboxylic acids is 1. The molecule has 1 aromatic rings. The summed E-state index contributed by atoms with van der Waals surface area (Å²) in [6, 6.07) is 5.67. The molecule has 1 amide bonds. The lowest BCUT2D eigenvalue weighted by Crippen LogP contribution is -2.59. The molecule has 6 heteroatoms. The molecule has 3 aliphatic heterocycles. The van der Waals surface area contributed by atoms with Crippen LogP contribution < -0.4 is 9.47 Å². The third-order valence-corrected chi connectivity index (χ3v) is 5.69. The molecule has 2 saturated heterocycles. The molecule has 2 bridgehead atoms. The monoisotopic (exact) mass is 375 g/mol. The minimum absolute atomic E-state index is 0.00875. The van der Waals surface area contributed by atoms with Gasteiger partial charge in [-0.25, -0.2) is 4.79 Å². The SMILES string of the molecule is CC(C)(C)OC(=O)N1C2CCCC1CC(O)(c1ccc3c(c1)OCCO3)C2. The van der Waals surface area contributed by atoms with Gasteiger partial charge in [-0.2, -0.15) is 0 Å². The van der Waals surface area contributed by atoms with Gasteiger partial charge in [0.25, 0.3) is 0 Å². The number of piperidine rings is 2. The van der Waals surface area contributed by atoms with Crippen LogP contribution in [0.15, 0.2) is 18.2 Å². The molecule has 148 valence electrons. The van der Waals surface area contributed by atoms with Crippen molar-refractivity contribution in [3.8, 4) is 11.5 Å². The summed E-state index contributed by atoms with van der Waals surface area (Å²) in [6.07, 6.45) is 3.63. The van der Waals surface area contributed by atoms with Crippen molar-refractivity contribution in [1.82, 2.24) is 4.90 Å². The van der Waals surface area contributed by atoms with Crippen molar-refractivity contribution >= 4 is 6.09 Å². The summed E-state index contributed by atoms with van der Waals surface area (Å²) in [5, 5.41) is 11.5. The van der Waals surface area contributed by atoms with Gasteiger partial charge in [0.2, 0.25) is 0 Å². The summed E-state index contributed by atoms with van der Waals surface area (Å²) >= 11 is 0. The zero-order valence-corrected chi connectivity index (χ0v) is 16.4. The van der Waals surface area contributed by atoms with Crippen LogP contribution in [0.5, 0.6) is 11.5 Å². The highest BCUT2D eigenvalue weighted by atomic mass is 16.6. The van der Waals surface area contributed by atoms with Crippen molar-refractivity contribution in [3.63, 3.8) is 0 Å². The third kappa shape index (κ3) is 3.59. The number of aliphatic hydroxyl groups is 1. The van der Waals surface area contributed by atoms with Crippen LogP contribution in [0.3, 0.4) is 0 Å². The van der Waals surface area contributed by atoms with Gasteiger partial charge >= 0.3 is 6.09 Å². The van der Waals surface area contributed by atoms with Crippen molar-refractivity contribution in [2.75, 3.05) is 13.2 Å². The number of hydrogen-bond donors (Lipinski definition) is 1. The van der Waals surface area contributed by atoms with Crippen LogP contribution in [0.25, 0.3) is 0 Å². The van der Waals surface area contributed by atoms with Gasteiger partial charge in [0.1, 0.15) is 18.8 Å². The molecule has 0 aromatic heterocycles. The van der Waals surface area contributed by atoms with E-state index in [1.165, 1.54) is 0 Å². The first kappa shape index (κ1) is 18.4. The van der Waals surface area contributed by atoms with E-state index in [4.69, 9.17) is 14.2 Å². The van der Waals surface area contributed by atoms with Crippen LogP contribution in [-0.2, 0) is 10.3 Å². The Morgan fingerprint density at radius 2 is 1.78 bits per heavy atom. The topological polar surface area (TPSA) is 68.2 Å². The molecule has 0 saturated carbocycles. The van der Waals surface area contributed by atoms with E-state index in [1.54, 1.807) is 0 Å². The summed E-state index contributed by atoms with van der Waals surface area (Å²) in [5.41, 5.74) is -0.647. The van der Waals surface area contributed by atoms with E-state index in [2.05, 4.69) is 0 Å². The Bertz CT molecular complexity index is 712. The first-order chi connectivity index (χ1) is 12.8. The second-order valence-electron chi connectivity index (χ2n) is 8.92. The maximum Gasteiger partial charge on any atom is 0.410 e. The molecule has 1 N–H and O–H groups in total. The molecule has 6 nitrogen and oxygen atoms in total. The summed E-state index contributed by atoms with van der Waals surface area (Å²) in [6.45, 7) is 6.72. The fourth-order valence-corrected chi connectivity index (χ4v) is 4.61. The van der Waals surface area contributed by atoms with Gasteiger partial charge in [0.15, 0.2) is 11.5 Å². The highest BCUT2D eigenvalue weighted by Gasteiger charge is 2.49. The van der Waals surface area contributed by atoms with E-state index in [0.29, 0.717) is 31.8 Å². The maximum atomic E-state index is 12.8. The molecule has 0 spiro atoms. The standard InChI is InChI=1S/C21H29NO5/c1-20(2,3)27-19(23)22-15-5-4-6-16(22)13-21(24,12-15)14-7-8-17-18(11-14)26-10-9-25-17/h7-8,11,15-16,24H,4-6,9-10,12-13H2,1-3H3. The Kier molecular flexibility index (Phi) is 4.49. The first-order valence-corrected chi connectivity index (χ1v) is 9.89. The second-order valence-corrected chi connectivity index (χ2v) is 8.92. The molecular weight excluding hydrogens is 346 g/mol. The molecule has 3 heterocycles. The molecule has 27 heavy (non-hydrogen) atoms. The minimum atomic E-state index is -0.968. The summed E-state index contributed by atoms with van der Waals surface area (Å²) in [7, 11) is 0. The summed E-state index contributed by atoms with van der Waals surface area (Å²) in [4.78, 5) is 14.6. The molecule has 3 aliphatic rings. The Balaban J connectivity index is 1.58. The number of ether oxygens (including phenoxy) is 3. The predicted molar refractivity (Wildman–Crippen MR) is 100 cm³/mol. The van der Waals surface area contributed by atoms with Crippen molar-refractivity contribution < 1.29 is 24.1 Å². The zero-order valence-electron chi connectivity index (χ0n) is 16.4. The van der Waals surface area contributed by atoms with E-state index in [-0.39, 0.29) is 18.2 Å². The number of benzene rings is 1. The lowest BCUT2D eigenvalue weighted by molar-refractivity contribution is -0.0966. The molecule has 4 rings (SSSR count). The Hall–Kier alpha value is -1.95. The molecule has 2 unspecified atom stereocenters. The average Bonchev–Trinajstić information content (AvgIpc) is 2.59. The second kappa shape index (κ2) is 6.59. The minimum Gasteiger partial charge on any atom is -0.486 e. The van der Waals surface area contributed by atoms with E-state index in [1.807, 2.05) is 43.9 Å². The van der Waals surface area contributed by atoms with E-state index in [0.717, 1.165) is 30.6 Å².